The number of aliphatic hydroxyl groups is 1. The molecule has 384 valence electrons. The third-order valence-corrected chi connectivity index (χ3v) is 13.5. The van der Waals surface area contributed by atoms with Gasteiger partial charge in [0.15, 0.2) is 11.3 Å². The van der Waals surface area contributed by atoms with Gasteiger partial charge in [0, 0.05) is 84.4 Å². The highest BCUT2D eigenvalue weighted by Crippen LogP contribution is 2.50. The highest BCUT2D eigenvalue weighted by Gasteiger charge is 2.38. The molecule has 1 fully saturated rings. The number of phosphoric ester groups is 1. The number of hydrogen-bond donors (Lipinski definition) is 8. The van der Waals surface area contributed by atoms with E-state index in [4.69, 9.17) is 32.2 Å². The summed E-state index contributed by atoms with van der Waals surface area (Å²) in [5.74, 6) is -2.95. The second-order valence-corrected chi connectivity index (χ2v) is 18.9. The predicted octanol–water partition coefficient (Wildman–Crippen LogP) is 3.15. The van der Waals surface area contributed by atoms with E-state index in [1.807, 2.05) is 0 Å². The molecule has 1 aliphatic carbocycles. The van der Waals surface area contributed by atoms with E-state index >= 15 is 0 Å². The van der Waals surface area contributed by atoms with E-state index in [0.29, 0.717) is 16.5 Å². The minimum absolute atomic E-state index is 0.0119. The fourth-order valence-corrected chi connectivity index (χ4v) is 9.43. The lowest BCUT2D eigenvalue weighted by molar-refractivity contribution is -0.122. The summed E-state index contributed by atoms with van der Waals surface area (Å²) >= 11 is 1.01. The van der Waals surface area contributed by atoms with Gasteiger partial charge in [-0.25, -0.2) is 14.2 Å². The van der Waals surface area contributed by atoms with Gasteiger partial charge in [-0.15, -0.1) is 11.8 Å². The Kier molecular flexibility index (Phi) is 17.4. The first kappa shape index (κ1) is 53.0. The number of carboxylic acids is 1. The number of rotatable bonds is 24. The van der Waals surface area contributed by atoms with Gasteiger partial charge in [-0.2, -0.15) is 0 Å². The zero-order valence-electron chi connectivity index (χ0n) is 38.6. The average Bonchev–Trinajstić information content (AvgIpc) is 3.85. The Morgan fingerprint density at radius 1 is 0.903 bits per heavy atom. The molecular formula is C46H50N5O19PS. The standard InChI is InChI=1S/C46H50N5O19PS/c1-25-22-51(46(62)49-42(25)57)40-20-33(54)36(70-40)24-68-71(63,64-2)67-15-16-72-37-21-39(56)50(44(37)59)23-38(55)47-9-11-65-13-14-66-12-10-48-43(58)26-3-6-29(45(60)61)32(17-26)41-30-7-4-27(52)18-34(30)69-35-19-28(53)5-8-31(35)41/h3-8,17-19,21-22,33,36,40,52,54,56,59H,9-16,20,23-24H2,1-2H3,(H,47,55)(H,48,58)(H,60,61)(H,49,57,62)/t33-,36-,40-,71?/m1/s1. The first-order valence-corrected chi connectivity index (χ1v) is 24.5. The van der Waals surface area contributed by atoms with Gasteiger partial charge in [0.05, 0.1) is 56.2 Å². The number of fused-ring (bicyclic) bond motifs is 2. The van der Waals surface area contributed by atoms with Crippen molar-refractivity contribution in [2.75, 3.05) is 65.6 Å². The van der Waals surface area contributed by atoms with E-state index in [-0.39, 0.29) is 108 Å². The Labute approximate surface area is 412 Å². The van der Waals surface area contributed by atoms with Gasteiger partial charge in [0.1, 0.15) is 36.0 Å². The second-order valence-electron chi connectivity index (χ2n) is 16.0. The molecule has 24 nitrogen and oxygen atoms in total. The maximum absolute atomic E-state index is 13.2. The summed E-state index contributed by atoms with van der Waals surface area (Å²) in [7, 11) is -3.07. The molecule has 72 heavy (non-hydrogen) atoms. The maximum Gasteiger partial charge on any atom is 0.474 e. The van der Waals surface area contributed by atoms with Crippen LogP contribution in [0.4, 0.5) is 0 Å². The molecule has 0 bridgehead atoms. The van der Waals surface area contributed by atoms with Crippen LogP contribution in [0.15, 0.2) is 90.6 Å². The molecule has 0 saturated carbocycles. The minimum atomic E-state index is -4.16. The number of aromatic nitrogens is 3. The van der Waals surface area contributed by atoms with E-state index in [2.05, 4.69) is 15.6 Å². The summed E-state index contributed by atoms with van der Waals surface area (Å²) in [4.78, 5) is 76.7. The molecule has 4 atom stereocenters. The normalized spacial score (nSPS) is 16.5. The number of nitrogens with one attached hydrogen (secondary N) is 3. The number of amides is 2. The first-order valence-electron chi connectivity index (χ1n) is 22.1. The summed E-state index contributed by atoms with van der Waals surface area (Å²) in [5, 5.41) is 57.6. The van der Waals surface area contributed by atoms with Crippen LogP contribution in [-0.4, -0.2) is 135 Å². The van der Waals surface area contributed by atoms with Crippen LogP contribution < -0.4 is 27.3 Å². The smallest absolute Gasteiger partial charge is 0.474 e. The number of carbonyl (C=O) groups is 3. The second kappa shape index (κ2) is 23.6. The molecule has 26 heteroatoms. The van der Waals surface area contributed by atoms with E-state index in [9.17, 15) is 58.9 Å². The predicted molar refractivity (Wildman–Crippen MR) is 256 cm³/mol. The molecule has 2 aliphatic heterocycles. The molecule has 2 aromatic carbocycles. The third kappa shape index (κ3) is 12.8. The van der Waals surface area contributed by atoms with Crippen molar-refractivity contribution in [3.63, 3.8) is 0 Å². The number of phosphoric acid groups is 1. The Bertz CT molecular complexity index is 3150. The number of phenolic OH excluding ortho intramolecular Hbond substituents is 1. The number of aryl methyl sites for hydroxylation is 1. The molecular weight excluding hydrogens is 990 g/mol. The van der Waals surface area contributed by atoms with Crippen LogP contribution in [0.25, 0.3) is 33.4 Å². The van der Waals surface area contributed by atoms with Gasteiger partial charge >= 0.3 is 19.5 Å². The number of nitrogens with zero attached hydrogens (tertiary/aromatic N) is 2. The van der Waals surface area contributed by atoms with Gasteiger partial charge in [0.25, 0.3) is 11.5 Å². The van der Waals surface area contributed by atoms with Crippen molar-refractivity contribution in [3.8, 4) is 40.0 Å². The monoisotopic (exact) mass is 1040 g/mol. The number of H-pyrrole nitrogens is 1. The molecule has 2 aromatic heterocycles. The number of hydrogen-bond acceptors (Lipinski definition) is 19. The van der Waals surface area contributed by atoms with Crippen LogP contribution in [0, 0.1) is 6.92 Å². The summed E-state index contributed by atoms with van der Waals surface area (Å²) < 4.78 is 53.5. The third-order valence-electron chi connectivity index (χ3n) is 11.1. The Balaban J connectivity index is 0.784. The van der Waals surface area contributed by atoms with Crippen LogP contribution in [0.2, 0.25) is 0 Å². The van der Waals surface area contributed by atoms with Crippen molar-refractivity contribution in [1.29, 1.82) is 0 Å². The van der Waals surface area contributed by atoms with E-state index < -0.39 is 80.2 Å². The molecule has 7 rings (SSSR count). The van der Waals surface area contributed by atoms with Crippen LogP contribution >= 0.6 is 19.6 Å². The van der Waals surface area contributed by atoms with Crippen LogP contribution in [0.5, 0.6) is 17.5 Å². The average molecular weight is 1040 g/mol. The fourth-order valence-electron chi connectivity index (χ4n) is 7.56. The Morgan fingerprint density at radius 2 is 1.65 bits per heavy atom. The van der Waals surface area contributed by atoms with Crippen molar-refractivity contribution in [3.05, 3.63) is 115 Å². The number of phenols is 1. The number of aromatic hydroxyl groups is 3. The number of aliphatic hydroxyl groups excluding tert-OH is 1. The van der Waals surface area contributed by atoms with Crippen molar-refractivity contribution >= 4 is 48.3 Å². The zero-order chi connectivity index (χ0) is 51.7. The Morgan fingerprint density at radius 3 is 2.39 bits per heavy atom. The zero-order valence-corrected chi connectivity index (χ0v) is 40.3. The molecule has 3 aliphatic rings. The van der Waals surface area contributed by atoms with E-state index in [1.54, 1.807) is 6.07 Å². The van der Waals surface area contributed by atoms with Crippen molar-refractivity contribution < 1.29 is 76.7 Å². The summed E-state index contributed by atoms with van der Waals surface area (Å²) in [6.45, 7) is 1.14. The quantitative estimate of drug-likeness (QED) is 0.0187. The lowest BCUT2D eigenvalue weighted by Crippen LogP contribution is -2.33. The molecule has 4 heterocycles. The first-order chi connectivity index (χ1) is 34.4. The molecule has 1 unspecified atom stereocenters. The van der Waals surface area contributed by atoms with Crippen molar-refractivity contribution in [1.82, 2.24) is 24.8 Å². The largest absolute Gasteiger partial charge is 0.508 e. The van der Waals surface area contributed by atoms with E-state index in [0.717, 1.165) is 28.0 Å². The molecule has 2 amide bonds. The van der Waals surface area contributed by atoms with Gasteiger partial charge < -0.3 is 54.8 Å². The minimum Gasteiger partial charge on any atom is -0.508 e. The van der Waals surface area contributed by atoms with Crippen LogP contribution in [-0.2, 0) is 43.7 Å². The van der Waals surface area contributed by atoms with Crippen molar-refractivity contribution in [2.24, 2.45) is 0 Å². The van der Waals surface area contributed by atoms with Crippen LogP contribution in [0.3, 0.4) is 0 Å². The number of carbonyl (C=O) groups excluding carboxylic acids is 2. The fraction of sp³-hybridized carbons (Fsp3) is 0.348. The molecule has 0 radical (unpaired) electrons. The summed E-state index contributed by atoms with van der Waals surface area (Å²) in [5.41, 5.74) is -0.0832. The van der Waals surface area contributed by atoms with Gasteiger partial charge in [-0.05, 0) is 55.0 Å². The topological polar surface area (TPSA) is 339 Å². The highest BCUT2D eigenvalue weighted by atomic mass is 32.2. The lowest BCUT2D eigenvalue weighted by atomic mass is 9.89. The lowest BCUT2D eigenvalue weighted by Gasteiger charge is -2.20. The molecule has 0 spiro atoms. The summed E-state index contributed by atoms with van der Waals surface area (Å²) in [6.07, 6.45) is -1.75. The molecule has 4 aromatic rings. The molecule has 8 N–H and O–H groups in total. The number of benzene rings is 3. The molecule has 1 saturated heterocycles. The summed E-state index contributed by atoms with van der Waals surface area (Å²) in [6, 6.07) is 13.8. The van der Waals surface area contributed by atoms with Gasteiger partial charge in [0.2, 0.25) is 11.8 Å². The highest BCUT2D eigenvalue weighted by molar-refractivity contribution is 7.99. The number of thioether (sulfide) groups is 1. The van der Waals surface area contributed by atoms with Crippen LogP contribution in [0.1, 0.15) is 38.9 Å². The number of ether oxygens (including phenoxy) is 3. The number of carboxylic acid groups (broad SMARTS) is 1. The van der Waals surface area contributed by atoms with Gasteiger partial charge in [-0.1, -0.05) is 0 Å². The SMILES string of the molecule is COP(=O)(OCCSc1cc(O)n(CC(=O)NCCOCCOCCNC(=O)c2ccc(C(=O)O)c(-c3c4ccc(=O)cc-4oc4cc(O)ccc34)c2)c1O)OC[C@H]1O[C@@H](n2cc(C)c(=O)[nH]c2=O)C[C@H]1O. The maximum atomic E-state index is 13.2. The number of aromatic carboxylic acids is 1. The van der Waals surface area contributed by atoms with Crippen molar-refractivity contribution in [2.45, 2.75) is 43.2 Å². The Hall–Kier alpha value is -6.80. The van der Waals surface area contributed by atoms with Gasteiger partial charge in [-0.3, -0.25) is 46.9 Å². The van der Waals surface area contributed by atoms with E-state index in [1.165, 1.54) is 67.7 Å². The number of aromatic amines is 1.